The van der Waals surface area contributed by atoms with Crippen molar-refractivity contribution in [3.8, 4) is 5.69 Å². The Bertz CT molecular complexity index is 976. The molecule has 1 aromatic carbocycles. The predicted molar refractivity (Wildman–Crippen MR) is 125 cm³/mol. The number of nitrogens with one attached hydrogen (secondary N) is 1. The average molecular weight is 494 g/mol. The van der Waals surface area contributed by atoms with E-state index in [4.69, 9.17) is 4.74 Å². The van der Waals surface area contributed by atoms with Crippen LogP contribution in [0.1, 0.15) is 56.6 Å². The molecular weight excluding hydrogens is 459 g/mol. The predicted octanol–water partition coefficient (Wildman–Crippen LogP) is 4.21. The molecule has 1 aliphatic carbocycles. The number of amides is 1. The second kappa shape index (κ2) is 11.1. The molecule has 0 radical (unpaired) electrons. The smallest absolute Gasteiger partial charge is 0.381 e. The van der Waals surface area contributed by atoms with Gasteiger partial charge in [0.1, 0.15) is 12.7 Å². The van der Waals surface area contributed by atoms with E-state index in [9.17, 15) is 18.0 Å². The van der Waals surface area contributed by atoms with E-state index in [0.717, 1.165) is 63.9 Å². The summed E-state index contributed by atoms with van der Waals surface area (Å²) in [5.41, 5.74) is -0.0782. The van der Waals surface area contributed by atoms with Crippen molar-refractivity contribution >= 4 is 5.91 Å². The zero-order chi connectivity index (χ0) is 25.0. The van der Waals surface area contributed by atoms with E-state index in [1.807, 2.05) is 0 Å². The molecule has 2 aromatic rings. The Morgan fingerprint density at radius 2 is 1.86 bits per heavy atom. The minimum atomic E-state index is -4.50. The van der Waals surface area contributed by atoms with Gasteiger partial charge in [0, 0.05) is 43.4 Å². The quantitative estimate of drug-likeness (QED) is 0.597. The molecule has 0 spiro atoms. The van der Waals surface area contributed by atoms with Gasteiger partial charge in [-0.25, -0.2) is 0 Å². The minimum Gasteiger partial charge on any atom is -0.381 e. The molecule has 1 aromatic heterocycles. The molecule has 10 heteroatoms. The number of hydrogen-bond donors (Lipinski definition) is 1. The van der Waals surface area contributed by atoms with Gasteiger partial charge in [0.15, 0.2) is 0 Å². The van der Waals surface area contributed by atoms with Crippen molar-refractivity contribution in [2.45, 2.75) is 70.3 Å². The van der Waals surface area contributed by atoms with Crippen molar-refractivity contribution in [1.29, 1.82) is 0 Å². The first-order valence-electron chi connectivity index (χ1n) is 12.4. The van der Waals surface area contributed by atoms with Crippen LogP contribution in [0.25, 0.3) is 5.69 Å². The van der Waals surface area contributed by atoms with E-state index in [1.165, 1.54) is 17.2 Å². The molecule has 0 bridgehead atoms. The molecule has 1 N–H and O–H groups in total. The molecule has 7 nitrogen and oxygen atoms in total. The maximum absolute atomic E-state index is 13.5. The van der Waals surface area contributed by atoms with Crippen molar-refractivity contribution < 1.29 is 22.7 Å². The van der Waals surface area contributed by atoms with Crippen molar-refractivity contribution in [2.24, 2.45) is 11.8 Å². The van der Waals surface area contributed by atoms with Crippen molar-refractivity contribution in [1.82, 2.24) is 25.0 Å². The van der Waals surface area contributed by atoms with Crippen LogP contribution in [0.2, 0.25) is 0 Å². The Balaban J connectivity index is 1.45. The average Bonchev–Trinajstić information content (AvgIpc) is 3.53. The molecule has 2 heterocycles. The molecule has 4 rings (SSSR count). The molecule has 2 aliphatic rings. The highest BCUT2D eigenvalue weighted by atomic mass is 19.4. The number of hydrogen-bond acceptors (Lipinski definition) is 5. The van der Waals surface area contributed by atoms with Gasteiger partial charge in [0.05, 0.1) is 5.56 Å². The number of carbonyl (C=O) groups is 1. The molecule has 2 fully saturated rings. The second-order valence-electron chi connectivity index (χ2n) is 9.76. The maximum Gasteiger partial charge on any atom is 0.416 e. The zero-order valence-electron chi connectivity index (χ0n) is 20.3. The summed E-state index contributed by atoms with van der Waals surface area (Å²) < 4.78 is 47.4. The van der Waals surface area contributed by atoms with Gasteiger partial charge in [-0.3, -0.25) is 9.36 Å². The first kappa shape index (κ1) is 25.6. The Hall–Kier alpha value is -2.46. The molecule has 1 saturated heterocycles. The van der Waals surface area contributed by atoms with Crippen LogP contribution < -0.4 is 5.32 Å². The van der Waals surface area contributed by atoms with Crippen LogP contribution in [0, 0.1) is 11.8 Å². The molecule has 1 amide bonds. The van der Waals surface area contributed by atoms with Gasteiger partial charge in [-0.1, -0.05) is 13.3 Å². The summed E-state index contributed by atoms with van der Waals surface area (Å²) in [5, 5.41) is 10.3. The first-order valence-corrected chi connectivity index (χ1v) is 12.4. The molecule has 35 heavy (non-hydrogen) atoms. The monoisotopic (exact) mass is 493 g/mol. The van der Waals surface area contributed by atoms with E-state index in [0.29, 0.717) is 23.3 Å². The van der Waals surface area contributed by atoms with Gasteiger partial charge >= 0.3 is 6.18 Å². The first-order chi connectivity index (χ1) is 16.8. The summed E-state index contributed by atoms with van der Waals surface area (Å²) in [6, 6.07) is 4.57. The Morgan fingerprint density at radius 3 is 2.51 bits per heavy atom. The summed E-state index contributed by atoms with van der Waals surface area (Å²) >= 11 is 0. The third-order valence-corrected chi connectivity index (χ3v) is 7.50. The number of rotatable bonds is 8. The van der Waals surface area contributed by atoms with Crippen LogP contribution in [0.5, 0.6) is 0 Å². The Morgan fingerprint density at radius 1 is 1.14 bits per heavy atom. The third kappa shape index (κ3) is 6.22. The fourth-order valence-corrected chi connectivity index (χ4v) is 5.57. The van der Waals surface area contributed by atoms with Gasteiger partial charge in [-0.2, -0.15) is 13.2 Å². The van der Waals surface area contributed by atoms with Crippen LogP contribution in [-0.4, -0.2) is 57.9 Å². The van der Waals surface area contributed by atoms with Gasteiger partial charge in [-0.15, -0.1) is 10.2 Å². The number of ether oxygens (including phenoxy) is 1. The molecule has 3 atom stereocenters. The van der Waals surface area contributed by atoms with Crippen molar-refractivity contribution in [2.75, 3.05) is 20.3 Å². The largest absolute Gasteiger partial charge is 0.416 e. The number of carbonyl (C=O) groups excluding carboxylic acids is 1. The Kier molecular flexibility index (Phi) is 8.11. The van der Waals surface area contributed by atoms with Crippen LogP contribution in [0.15, 0.2) is 30.9 Å². The van der Waals surface area contributed by atoms with E-state index >= 15 is 0 Å². The number of nitrogens with zero attached hydrogens (tertiary/aromatic N) is 4. The molecule has 1 saturated carbocycles. The third-order valence-electron chi connectivity index (χ3n) is 7.50. The number of alkyl halides is 3. The lowest BCUT2D eigenvalue weighted by molar-refractivity contribution is -0.137. The van der Waals surface area contributed by atoms with Crippen LogP contribution >= 0.6 is 0 Å². The molecule has 1 unspecified atom stereocenters. The summed E-state index contributed by atoms with van der Waals surface area (Å²) in [6.45, 7) is 3.71. The van der Waals surface area contributed by atoms with Crippen LogP contribution in [0.4, 0.5) is 13.2 Å². The zero-order valence-corrected chi connectivity index (χ0v) is 20.3. The highest BCUT2D eigenvalue weighted by Crippen LogP contribution is 2.39. The SMILES string of the molecule is CCCC1C[C@@H](N(C)C2CCOCC2)C[C@H]1C(=O)NCc1cc(-n2cnnc2)cc(C(F)(F)F)c1. The number of benzene rings is 1. The van der Waals surface area contributed by atoms with Crippen molar-refractivity contribution in [3.63, 3.8) is 0 Å². The Labute approximate surface area is 204 Å². The molecule has 192 valence electrons. The van der Waals surface area contributed by atoms with Gasteiger partial charge in [0.25, 0.3) is 0 Å². The lowest BCUT2D eigenvalue weighted by atomic mass is 9.91. The highest BCUT2D eigenvalue weighted by molar-refractivity contribution is 5.79. The van der Waals surface area contributed by atoms with E-state index in [1.54, 1.807) is 6.07 Å². The van der Waals surface area contributed by atoms with Gasteiger partial charge < -0.3 is 15.0 Å². The lowest BCUT2D eigenvalue weighted by Crippen LogP contribution is -2.42. The highest BCUT2D eigenvalue weighted by Gasteiger charge is 2.41. The molecule has 1 aliphatic heterocycles. The fourth-order valence-electron chi connectivity index (χ4n) is 5.57. The van der Waals surface area contributed by atoms with Crippen LogP contribution in [0.3, 0.4) is 0 Å². The van der Waals surface area contributed by atoms with E-state index in [-0.39, 0.29) is 24.3 Å². The van der Waals surface area contributed by atoms with Gasteiger partial charge in [0.2, 0.25) is 5.91 Å². The molecular formula is C25H34F3N5O2. The normalized spacial score (nSPS) is 23.7. The van der Waals surface area contributed by atoms with Crippen LogP contribution in [-0.2, 0) is 22.3 Å². The minimum absolute atomic E-state index is 0.0354. The van der Waals surface area contributed by atoms with E-state index < -0.39 is 11.7 Å². The summed E-state index contributed by atoms with van der Waals surface area (Å²) in [5.74, 6) is 0.0707. The van der Waals surface area contributed by atoms with E-state index in [2.05, 4.69) is 34.4 Å². The standard InChI is InChI=1S/C25H34F3N5O2/c1-3-4-18-11-21(32(2)20-5-7-35-8-6-20)13-23(18)24(34)29-14-17-9-19(25(26,27)28)12-22(10-17)33-15-30-31-16-33/h9-10,12,15-16,18,20-21,23H,3-8,11,13-14H2,1-2H3,(H,29,34)/t18?,21-,23-/m1/s1. The topological polar surface area (TPSA) is 72.3 Å². The lowest BCUT2D eigenvalue weighted by Gasteiger charge is -2.35. The number of aromatic nitrogens is 3. The summed E-state index contributed by atoms with van der Waals surface area (Å²) in [6.07, 6.45) is 3.93. The van der Waals surface area contributed by atoms with Gasteiger partial charge in [-0.05, 0) is 68.8 Å². The van der Waals surface area contributed by atoms with Crippen molar-refractivity contribution in [3.05, 3.63) is 42.0 Å². The second-order valence-corrected chi connectivity index (χ2v) is 9.76. The summed E-state index contributed by atoms with van der Waals surface area (Å²) in [7, 11) is 2.15. The number of halogens is 3. The fraction of sp³-hybridized carbons (Fsp3) is 0.640. The summed E-state index contributed by atoms with van der Waals surface area (Å²) in [4.78, 5) is 15.7. The maximum atomic E-state index is 13.5.